The van der Waals surface area contributed by atoms with E-state index >= 15 is 0 Å². The summed E-state index contributed by atoms with van der Waals surface area (Å²) in [6.07, 6.45) is 2.33. The number of piperazine rings is 1. The molecule has 0 spiro atoms. The largest absolute Gasteiger partial charge is 0.423 e. The molecule has 3 heterocycles. The highest BCUT2D eigenvalue weighted by Gasteiger charge is 2.27. The predicted molar refractivity (Wildman–Crippen MR) is 96.8 cm³/mol. The van der Waals surface area contributed by atoms with Crippen LogP contribution in [0, 0.1) is 0 Å². The summed E-state index contributed by atoms with van der Waals surface area (Å²) < 4.78 is 5.32. The molecule has 1 aromatic heterocycles. The monoisotopic (exact) mass is 327 g/mol. The van der Waals surface area contributed by atoms with Crippen molar-refractivity contribution in [2.45, 2.75) is 18.9 Å². The van der Waals surface area contributed by atoms with Crippen LogP contribution in [0.3, 0.4) is 0 Å². The number of benzene rings is 1. The van der Waals surface area contributed by atoms with E-state index in [2.05, 4.69) is 21.7 Å². The smallest absolute Gasteiger partial charge is 0.338 e. The summed E-state index contributed by atoms with van der Waals surface area (Å²) in [5.74, 6) is 0. The Bertz CT molecular complexity index is 757. The van der Waals surface area contributed by atoms with Crippen LogP contribution >= 0.6 is 0 Å². The second-order valence-corrected chi connectivity index (χ2v) is 7.00. The fourth-order valence-electron chi connectivity index (χ4n) is 4.02. The SMILES string of the molecule is CN1CCN(C2CCN(c3cc(=O)oc4ccccc34)CC2)CC1. The lowest BCUT2D eigenvalue weighted by atomic mass is 10.0. The number of likely N-dealkylation sites (N-methyl/N-ethyl adjacent to an activating group) is 1. The molecule has 2 aromatic rings. The van der Waals surface area contributed by atoms with Gasteiger partial charge in [-0.3, -0.25) is 4.90 Å². The van der Waals surface area contributed by atoms with Crippen molar-refractivity contribution >= 4 is 16.7 Å². The van der Waals surface area contributed by atoms with Crippen LogP contribution in [0.4, 0.5) is 5.69 Å². The first kappa shape index (κ1) is 15.7. The zero-order valence-electron chi connectivity index (χ0n) is 14.3. The molecular formula is C19H25N3O2. The van der Waals surface area contributed by atoms with Crippen LogP contribution < -0.4 is 10.5 Å². The number of piperidine rings is 1. The molecule has 1 aromatic carbocycles. The Morgan fingerprint density at radius 1 is 1.00 bits per heavy atom. The Hall–Kier alpha value is -1.85. The summed E-state index contributed by atoms with van der Waals surface area (Å²) >= 11 is 0. The van der Waals surface area contributed by atoms with Gasteiger partial charge in [-0.1, -0.05) is 12.1 Å². The van der Waals surface area contributed by atoms with Crippen LogP contribution in [-0.4, -0.2) is 62.2 Å². The molecule has 5 heteroatoms. The fourth-order valence-corrected chi connectivity index (χ4v) is 4.02. The van der Waals surface area contributed by atoms with Gasteiger partial charge in [0, 0.05) is 56.8 Å². The van der Waals surface area contributed by atoms with Crippen molar-refractivity contribution < 1.29 is 4.42 Å². The normalized spacial score (nSPS) is 21.5. The van der Waals surface area contributed by atoms with E-state index in [1.807, 2.05) is 24.3 Å². The third-order valence-corrected chi connectivity index (χ3v) is 5.49. The van der Waals surface area contributed by atoms with Gasteiger partial charge >= 0.3 is 5.63 Å². The summed E-state index contributed by atoms with van der Waals surface area (Å²) in [7, 11) is 2.20. The third kappa shape index (κ3) is 3.06. The molecule has 0 atom stereocenters. The van der Waals surface area contributed by atoms with Gasteiger partial charge in [0.25, 0.3) is 0 Å². The average molecular weight is 327 g/mol. The molecular weight excluding hydrogens is 302 g/mol. The summed E-state index contributed by atoms with van der Waals surface area (Å²) in [6.45, 7) is 6.71. The molecule has 0 N–H and O–H groups in total. The highest BCUT2D eigenvalue weighted by atomic mass is 16.4. The first-order chi connectivity index (χ1) is 11.7. The molecule has 4 rings (SSSR count). The second-order valence-electron chi connectivity index (χ2n) is 7.00. The van der Waals surface area contributed by atoms with Gasteiger partial charge in [0.1, 0.15) is 5.58 Å². The van der Waals surface area contributed by atoms with Gasteiger partial charge in [-0.2, -0.15) is 0 Å². The van der Waals surface area contributed by atoms with Gasteiger partial charge in [0.15, 0.2) is 0 Å². The number of nitrogens with zero attached hydrogens (tertiary/aromatic N) is 3. The number of hydrogen-bond acceptors (Lipinski definition) is 5. The number of para-hydroxylation sites is 1. The molecule has 2 fully saturated rings. The first-order valence-electron chi connectivity index (χ1n) is 8.91. The maximum Gasteiger partial charge on any atom is 0.338 e. The predicted octanol–water partition coefficient (Wildman–Crippen LogP) is 2.01. The van der Waals surface area contributed by atoms with E-state index in [4.69, 9.17) is 4.42 Å². The van der Waals surface area contributed by atoms with Crippen LogP contribution in [0.15, 0.2) is 39.5 Å². The third-order valence-electron chi connectivity index (χ3n) is 5.49. The van der Waals surface area contributed by atoms with Gasteiger partial charge in [-0.05, 0) is 32.0 Å². The molecule has 24 heavy (non-hydrogen) atoms. The van der Waals surface area contributed by atoms with Crippen LogP contribution in [-0.2, 0) is 0 Å². The van der Waals surface area contributed by atoms with E-state index in [-0.39, 0.29) is 5.63 Å². The Balaban J connectivity index is 1.49. The van der Waals surface area contributed by atoms with Crippen molar-refractivity contribution in [1.82, 2.24) is 9.80 Å². The van der Waals surface area contributed by atoms with Gasteiger partial charge in [0.2, 0.25) is 0 Å². The molecule has 128 valence electrons. The standard InChI is InChI=1S/C19H25N3O2/c1-20-10-12-21(13-11-20)15-6-8-22(9-7-15)17-14-19(23)24-18-5-3-2-4-16(17)18/h2-5,14-15H,6-13H2,1H3. The van der Waals surface area contributed by atoms with Crippen LogP contribution in [0.25, 0.3) is 11.0 Å². The molecule has 0 bridgehead atoms. The highest BCUT2D eigenvalue weighted by Crippen LogP contribution is 2.28. The quantitative estimate of drug-likeness (QED) is 0.789. The second kappa shape index (κ2) is 6.57. The number of fused-ring (bicyclic) bond motifs is 1. The van der Waals surface area contributed by atoms with Gasteiger partial charge in [0.05, 0.1) is 5.69 Å². The number of hydrogen-bond donors (Lipinski definition) is 0. The molecule has 2 aliphatic heterocycles. The minimum Gasteiger partial charge on any atom is -0.423 e. The molecule has 5 nitrogen and oxygen atoms in total. The first-order valence-corrected chi connectivity index (χ1v) is 8.91. The van der Waals surface area contributed by atoms with Crippen molar-refractivity contribution in [1.29, 1.82) is 0 Å². The van der Waals surface area contributed by atoms with E-state index in [1.54, 1.807) is 6.07 Å². The Morgan fingerprint density at radius 3 is 2.46 bits per heavy atom. The molecule has 0 radical (unpaired) electrons. The van der Waals surface area contributed by atoms with Crippen molar-refractivity contribution in [2.75, 3.05) is 51.2 Å². The molecule has 2 aliphatic rings. The molecule has 0 saturated carbocycles. The molecule has 0 amide bonds. The topological polar surface area (TPSA) is 39.9 Å². The number of anilines is 1. The zero-order valence-corrected chi connectivity index (χ0v) is 14.3. The summed E-state index contributed by atoms with van der Waals surface area (Å²) in [5, 5.41) is 1.04. The van der Waals surface area contributed by atoms with Crippen LogP contribution in [0.5, 0.6) is 0 Å². The minimum atomic E-state index is -0.259. The fraction of sp³-hybridized carbons (Fsp3) is 0.526. The van der Waals surface area contributed by atoms with Crippen LogP contribution in [0.2, 0.25) is 0 Å². The van der Waals surface area contributed by atoms with Crippen molar-refractivity contribution in [3.8, 4) is 0 Å². The van der Waals surface area contributed by atoms with Crippen molar-refractivity contribution in [3.63, 3.8) is 0 Å². The molecule has 2 saturated heterocycles. The van der Waals surface area contributed by atoms with E-state index in [0.717, 1.165) is 37.0 Å². The molecule has 0 unspecified atom stereocenters. The van der Waals surface area contributed by atoms with E-state index < -0.39 is 0 Å². The van der Waals surface area contributed by atoms with Crippen LogP contribution in [0.1, 0.15) is 12.8 Å². The Labute approximate surface area is 142 Å². The minimum absolute atomic E-state index is 0.259. The lowest BCUT2D eigenvalue weighted by molar-refractivity contribution is 0.0982. The van der Waals surface area contributed by atoms with Crippen molar-refractivity contribution in [2.24, 2.45) is 0 Å². The average Bonchev–Trinajstić information content (AvgIpc) is 2.62. The van der Waals surface area contributed by atoms with Gasteiger partial charge in [-0.15, -0.1) is 0 Å². The van der Waals surface area contributed by atoms with E-state index in [0.29, 0.717) is 11.6 Å². The Kier molecular flexibility index (Phi) is 4.29. The Morgan fingerprint density at radius 2 is 1.71 bits per heavy atom. The molecule has 0 aliphatic carbocycles. The zero-order chi connectivity index (χ0) is 16.5. The highest BCUT2D eigenvalue weighted by molar-refractivity contribution is 5.90. The van der Waals surface area contributed by atoms with Gasteiger partial charge in [-0.25, -0.2) is 4.79 Å². The summed E-state index contributed by atoms with van der Waals surface area (Å²) in [6, 6.07) is 10.2. The van der Waals surface area contributed by atoms with Gasteiger partial charge < -0.3 is 14.2 Å². The summed E-state index contributed by atoms with van der Waals surface area (Å²) in [4.78, 5) is 19.3. The lowest BCUT2D eigenvalue weighted by Gasteiger charge is -2.42. The van der Waals surface area contributed by atoms with E-state index in [9.17, 15) is 4.79 Å². The van der Waals surface area contributed by atoms with Crippen molar-refractivity contribution in [3.05, 3.63) is 40.8 Å². The van der Waals surface area contributed by atoms with E-state index in [1.165, 1.54) is 26.2 Å². The summed E-state index contributed by atoms with van der Waals surface area (Å²) in [5.41, 5.74) is 1.45. The maximum absolute atomic E-state index is 11.9. The lowest BCUT2D eigenvalue weighted by Crippen LogP contribution is -2.52. The maximum atomic E-state index is 11.9. The number of rotatable bonds is 2.